The van der Waals surface area contributed by atoms with Crippen molar-refractivity contribution in [3.63, 3.8) is 0 Å². The zero-order chi connectivity index (χ0) is 20.3. The summed E-state index contributed by atoms with van der Waals surface area (Å²) in [4.78, 5) is 12.0. The average molecular weight is 391 g/mol. The van der Waals surface area contributed by atoms with Gasteiger partial charge in [0.25, 0.3) is 0 Å². The van der Waals surface area contributed by atoms with Gasteiger partial charge in [-0.25, -0.2) is 4.79 Å². The molecule has 0 radical (unpaired) electrons. The summed E-state index contributed by atoms with van der Waals surface area (Å²) < 4.78 is 19.9. The van der Waals surface area contributed by atoms with E-state index >= 15 is 0 Å². The van der Waals surface area contributed by atoms with E-state index in [1.807, 2.05) is 0 Å². The van der Waals surface area contributed by atoms with E-state index in [1.54, 1.807) is 6.92 Å². The maximum absolute atomic E-state index is 14.9. The lowest BCUT2D eigenvalue weighted by Gasteiger charge is -2.58. The summed E-state index contributed by atoms with van der Waals surface area (Å²) in [6, 6.07) is 0. The van der Waals surface area contributed by atoms with Crippen LogP contribution in [-0.2, 0) is 9.53 Å². The first kappa shape index (κ1) is 20.1. The molecule has 0 amide bonds. The van der Waals surface area contributed by atoms with Gasteiger partial charge in [-0.2, -0.15) is 4.39 Å². The molecule has 4 aliphatic carbocycles. The molecule has 4 heteroatoms. The second-order valence-corrected chi connectivity index (χ2v) is 10.2. The van der Waals surface area contributed by atoms with Crippen LogP contribution in [0.4, 0.5) is 4.39 Å². The number of hydrogen-bond acceptors (Lipinski definition) is 3. The molecule has 0 bridgehead atoms. The van der Waals surface area contributed by atoms with Crippen molar-refractivity contribution in [3.05, 3.63) is 23.0 Å². The van der Waals surface area contributed by atoms with Gasteiger partial charge in [-0.15, -0.1) is 0 Å². The largest absolute Gasteiger partial charge is 0.461 e. The van der Waals surface area contributed by atoms with Crippen molar-refractivity contribution in [1.29, 1.82) is 0 Å². The molecule has 0 aromatic rings. The molecule has 4 rings (SSSR count). The fourth-order valence-corrected chi connectivity index (χ4v) is 7.48. The van der Waals surface area contributed by atoms with Crippen molar-refractivity contribution in [3.8, 4) is 0 Å². The van der Waals surface area contributed by atoms with Crippen LogP contribution in [0.2, 0.25) is 0 Å². The van der Waals surface area contributed by atoms with Gasteiger partial charge < -0.3 is 9.84 Å². The Kier molecular flexibility index (Phi) is 5.01. The summed E-state index contributed by atoms with van der Waals surface area (Å²) in [5.74, 6) is 0.494. The van der Waals surface area contributed by atoms with Crippen molar-refractivity contribution in [2.75, 3.05) is 6.61 Å². The molecular formula is C24H35FO3. The number of aliphatic hydroxyl groups is 1. The Morgan fingerprint density at radius 1 is 1.29 bits per heavy atom. The topological polar surface area (TPSA) is 46.5 Å². The molecule has 28 heavy (non-hydrogen) atoms. The monoisotopic (exact) mass is 390 g/mol. The Labute approximate surface area is 168 Å². The van der Waals surface area contributed by atoms with Gasteiger partial charge in [-0.1, -0.05) is 32.4 Å². The Hall–Kier alpha value is -1.16. The molecule has 0 saturated heterocycles. The molecule has 0 aromatic heterocycles. The molecule has 0 unspecified atom stereocenters. The minimum absolute atomic E-state index is 0.162. The van der Waals surface area contributed by atoms with Gasteiger partial charge in [-0.05, 0) is 91.9 Å². The minimum atomic E-state index is -0.783. The van der Waals surface area contributed by atoms with E-state index in [1.165, 1.54) is 5.57 Å². The van der Waals surface area contributed by atoms with Crippen LogP contribution in [0.15, 0.2) is 23.0 Å². The van der Waals surface area contributed by atoms with Crippen molar-refractivity contribution < 1.29 is 19.0 Å². The predicted octanol–water partition coefficient (Wildman–Crippen LogP) is 5.34. The smallest absolute Gasteiger partial charge is 0.367 e. The summed E-state index contributed by atoms with van der Waals surface area (Å²) in [5, 5.41) is 10.4. The standard InChI is InChI=1S/C24H35FO3/c1-5-28-22(27)21(25)19-9-8-17-16-7-6-15-12-20(26)14(2)13-24(15,4)18(16)10-11-23(17,19)3/h6,14,16-18,20,26H,5,7-13H2,1-4H3/t14-,16+,17+,18+,20-,23+,24+/m1/s1. The van der Waals surface area contributed by atoms with Crippen molar-refractivity contribution in [2.24, 2.45) is 34.5 Å². The minimum Gasteiger partial charge on any atom is -0.461 e. The number of ether oxygens (including phenoxy) is 1. The molecule has 3 saturated carbocycles. The quantitative estimate of drug-likeness (QED) is 0.393. The summed E-state index contributed by atoms with van der Waals surface area (Å²) in [7, 11) is 0. The zero-order valence-electron chi connectivity index (χ0n) is 17.8. The third kappa shape index (κ3) is 2.81. The highest BCUT2D eigenvalue weighted by atomic mass is 19.1. The summed E-state index contributed by atoms with van der Waals surface area (Å²) in [6.07, 6.45) is 8.74. The van der Waals surface area contributed by atoms with Crippen LogP contribution in [0.5, 0.6) is 0 Å². The van der Waals surface area contributed by atoms with Crippen molar-refractivity contribution in [1.82, 2.24) is 0 Å². The molecule has 0 aliphatic heterocycles. The van der Waals surface area contributed by atoms with Gasteiger partial charge in [0.1, 0.15) is 0 Å². The van der Waals surface area contributed by atoms with Gasteiger partial charge >= 0.3 is 5.97 Å². The molecule has 0 aromatic carbocycles. The first-order valence-electron chi connectivity index (χ1n) is 11.2. The van der Waals surface area contributed by atoms with Crippen LogP contribution in [0, 0.1) is 34.5 Å². The number of allylic oxidation sites excluding steroid dienone is 2. The maximum Gasteiger partial charge on any atom is 0.367 e. The maximum atomic E-state index is 14.9. The second-order valence-electron chi connectivity index (χ2n) is 10.2. The summed E-state index contributed by atoms with van der Waals surface area (Å²) >= 11 is 0. The first-order chi connectivity index (χ1) is 13.2. The van der Waals surface area contributed by atoms with Gasteiger partial charge in [0.05, 0.1) is 12.7 Å². The Balaban J connectivity index is 1.65. The predicted molar refractivity (Wildman–Crippen MR) is 107 cm³/mol. The van der Waals surface area contributed by atoms with E-state index in [-0.39, 0.29) is 23.5 Å². The lowest BCUT2D eigenvalue weighted by atomic mass is 9.47. The van der Waals surface area contributed by atoms with Crippen LogP contribution in [0.1, 0.15) is 72.6 Å². The molecule has 3 nitrogen and oxygen atoms in total. The van der Waals surface area contributed by atoms with E-state index in [9.17, 15) is 14.3 Å². The fourth-order valence-electron chi connectivity index (χ4n) is 7.48. The Bertz CT molecular complexity index is 725. The molecular weight excluding hydrogens is 355 g/mol. The number of hydrogen-bond donors (Lipinski definition) is 1. The average Bonchev–Trinajstić information content (AvgIpc) is 3.00. The lowest BCUT2D eigenvalue weighted by Crippen LogP contribution is -2.51. The number of halogens is 1. The molecule has 156 valence electrons. The number of esters is 1. The third-order valence-corrected chi connectivity index (χ3v) is 8.96. The number of rotatable bonds is 2. The SMILES string of the molecule is CCOC(=O)C(F)=C1CC[C@H]2[C@@H]3CC=C4C[C@@H](O)[C@H](C)C[C@]4(C)[C@H]3CC[C@]12C. The van der Waals surface area contributed by atoms with Crippen LogP contribution in [0.3, 0.4) is 0 Å². The van der Waals surface area contributed by atoms with Crippen LogP contribution in [-0.4, -0.2) is 23.8 Å². The number of fused-ring (bicyclic) bond motifs is 5. The number of aliphatic hydroxyl groups excluding tert-OH is 1. The summed E-state index contributed by atoms with van der Waals surface area (Å²) in [5.41, 5.74) is 2.10. The zero-order valence-corrected chi connectivity index (χ0v) is 17.8. The highest BCUT2D eigenvalue weighted by Crippen LogP contribution is 2.66. The lowest BCUT2D eigenvalue weighted by molar-refractivity contribution is -0.140. The van der Waals surface area contributed by atoms with E-state index in [4.69, 9.17) is 4.74 Å². The van der Waals surface area contributed by atoms with Crippen molar-refractivity contribution in [2.45, 2.75) is 78.7 Å². The van der Waals surface area contributed by atoms with Crippen LogP contribution >= 0.6 is 0 Å². The molecule has 7 atom stereocenters. The fraction of sp³-hybridized carbons (Fsp3) is 0.792. The second kappa shape index (κ2) is 6.97. The molecule has 3 fully saturated rings. The van der Waals surface area contributed by atoms with E-state index in [0.29, 0.717) is 35.7 Å². The summed E-state index contributed by atoms with van der Waals surface area (Å²) in [6.45, 7) is 8.69. The van der Waals surface area contributed by atoms with E-state index < -0.39 is 11.8 Å². The van der Waals surface area contributed by atoms with Gasteiger partial charge in [-0.3, -0.25) is 0 Å². The van der Waals surface area contributed by atoms with E-state index in [0.717, 1.165) is 38.5 Å². The van der Waals surface area contributed by atoms with Gasteiger partial charge in [0.15, 0.2) is 0 Å². The molecule has 0 spiro atoms. The molecule has 0 heterocycles. The molecule has 4 aliphatic rings. The highest BCUT2D eigenvalue weighted by Gasteiger charge is 2.58. The number of carbonyl (C=O) groups is 1. The van der Waals surface area contributed by atoms with Gasteiger partial charge in [0, 0.05) is 0 Å². The first-order valence-corrected chi connectivity index (χ1v) is 11.2. The van der Waals surface area contributed by atoms with Crippen molar-refractivity contribution >= 4 is 5.97 Å². The van der Waals surface area contributed by atoms with Crippen LogP contribution in [0.25, 0.3) is 0 Å². The molecule has 1 N–H and O–H groups in total. The Morgan fingerprint density at radius 2 is 2.00 bits per heavy atom. The highest BCUT2D eigenvalue weighted by molar-refractivity contribution is 5.87. The van der Waals surface area contributed by atoms with Crippen LogP contribution < -0.4 is 0 Å². The normalized spacial score (nSPS) is 46.8. The number of carbonyl (C=O) groups excluding carboxylic acids is 1. The third-order valence-electron chi connectivity index (χ3n) is 8.96. The van der Waals surface area contributed by atoms with Gasteiger partial charge in [0.2, 0.25) is 5.83 Å². The Morgan fingerprint density at radius 3 is 2.71 bits per heavy atom. The van der Waals surface area contributed by atoms with E-state index in [2.05, 4.69) is 26.8 Å².